The minimum atomic E-state index is -0.133. The zero-order chi connectivity index (χ0) is 22.9. The van der Waals surface area contributed by atoms with E-state index in [2.05, 4.69) is 39.8 Å². The van der Waals surface area contributed by atoms with Crippen LogP contribution in [0.3, 0.4) is 0 Å². The van der Waals surface area contributed by atoms with Crippen molar-refractivity contribution in [2.24, 2.45) is 11.8 Å². The number of benzene rings is 1. The molecule has 0 spiro atoms. The van der Waals surface area contributed by atoms with Gasteiger partial charge in [0.25, 0.3) is 0 Å². The summed E-state index contributed by atoms with van der Waals surface area (Å²) in [6, 6.07) is 13.9. The number of rotatable bonds is 6. The van der Waals surface area contributed by atoms with Gasteiger partial charge in [-0.3, -0.25) is 5.32 Å². The zero-order valence-corrected chi connectivity index (χ0v) is 18.9. The quantitative estimate of drug-likeness (QED) is 0.653. The molecule has 7 nitrogen and oxygen atoms in total. The number of carbonyl (C=O) groups is 1. The number of nitrogens with one attached hydrogen (secondary N) is 1. The molecule has 0 bridgehead atoms. The fourth-order valence-corrected chi connectivity index (χ4v) is 4.57. The molecule has 172 valence electrons. The van der Waals surface area contributed by atoms with Crippen LogP contribution < -0.4 is 10.1 Å². The van der Waals surface area contributed by atoms with Crippen LogP contribution in [0.2, 0.25) is 0 Å². The van der Waals surface area contributed by atoms with Crippen molar-refractivity contribution in [3.05, 3.63) is 53.7 Å². The van der Waals surface area contributed by atoms with E-state index in [1.54, 1.807) is 18.3 Å². The van der Waals surface area contributed by atoms with Gasteiger partial charge in [-0.05, 0) is 80.2 Å². The molecule has 2 aromatic rings. The van der Waals surface area contributed by atoms with Crippen LogP contribution in [0.5, 0.6) is 5.75 Å². The van der Waals surface area contributed by atoms with Gasteiger partial charge in [0.2, 0.25) is 0 Å². The van der Waals surface area contributed by atoms with Crippen LogP contribution in [0, 0.1) is 23.2 Å². The van der Waals surface area contributed by atoms with Crippen molar-refractivity contribution in [3.8, 4) is 11.8 Å². The molecule has 2 fully saturated rings. The summed E-state index contributed by atoms with van der Waals surface area (Å²) >= 11 is 0. The van der Waals surface area contributed by atoms with Gasteiger partial charge in [0.05, 0.1) is 12.7 Å². The van der Waals surface area contributed by atoms with Gasteiger partial charge in [-0.1, -0.05) is 23.8 Å². The van der Waals surface area contributed by atoms with E-state index in [-0.39, 0.29) is 6.03 Å². The summed E-state index contributed by atoms with van der Waals surface area (Å²) in [4.78, 5) is 14.2. The van der Waals surface area contributed by atoms with Gasteiger partial charge in [-0.15, -0.1) is 5.10 Å². The molecule has 1 aliphatic carbocycles. The predicted octanol–water partition coefficient (Wildman–Crippen LogP) is 5.29. The van der Waals surface area contributed by atoms with Gasteiger partial charge in [-0.25, -0.2) is 4.79 Å². The smallest absolute Gasteiger partial charge is 0.323 e. The summed E-state index contributed by atoms with van der Waals surface area (Å²) in [5.74, 6) is 2.53. The van der Waals surface area contributed by atoms with Crippen molar-refractivity contribution < 1.29 is 9.53 Å². The average Bonchev–Trinajstić information content (AvgIpc) is 2.85. The van der Waals surface area contributed by atoms with Crippen LogP contribution in [0.4, 0.5) is 10.6 Å². The SMILES string of the molecule is N#CC[C@H]1CC[C@H](COc2cccc(C=C3CCN(C(=O)Nc4cccnn4)CC3)c2)CC1. The minimum absolute atomic E-state index is 0.133. The average molecular weight is 446 g/mol. The second kappa shape index (κ2) is 11.5. The van der Waals surface area contributed by atoms with Gasteiger partial charge in [-0.2, -0.15) is 10.4 Å². The summed E-state index contributed by atoms with van der Waals surface area (Å²) in [6.45, 7) is 2.11. The summed E-state index contributed by atoms with van der Waals surface area (Å²) in [7, 11) is 0. The molecule has 2 heterocycles. The molecule has 0 unspecified atom stereocenters. The van der Waals surface area contributed by atoms with E-state index in [1.807, 2.05) is 17.0 Å². The number of piperidine rings is 1. The second-order valence-corrected chi connectivity index (χ2v) is 8.96. The molecule has 0 radical (unpaired) electrons. The Morgan fingerprint density at radius 1 is 1.15 bits per heavy atom. The first kappa shape index (κ1) is 22.8. The van der Waals surface area contributed by atoms with Crippen LogP contribution >= 0.6 is 0 Å². The molecule has 1 aliphatic heterocycles. The number of hydrogen-bond acceptors (Lipinski definition) is 5. The van der Waals surface area contributed by atoms with E-state index >= 15 is 0 Å². The van der Waals surface area contributed by atoms with Gasteiger partial charge >= 0.3 is 6.03 Å². The van der Waals surface area contributed by atoms with E-state index in [9.17, 15) is 4.79 Å². The van der Waals surface area contributed by atoms with Gasteiger partial charge < -0.3 is 9.64 Å². The Balaban J connectivity index is 1.24. The first-order chi connectivity index (χ1) is 16.2. The van der Waals surface area contributed by atoms with Gasteiger partial charge in [0, 0.05) is 25.7 Å². The van der Waals surface area contributed by atoms with Crippen molar-refractivity contribution in [1.29, 1.82) is 5.26 Å². The Hall–Kier alpha value is -3.40. The number of nitrogens with zero attached hydrogens (tertiary/aromatic N) is 4. The predicted molar refractivity (Wildman–Crippen MR) is 127 cm³/mol. The molecule has 1 aromatic heterocycles. The van der Waals surface area contributed by atoms with Crippen molar-refractivity contribution in [1.82, 2.24) is 15.1 Å². The van der Waals surface area contributed by atoms with Crippen molar-refractivity contribution in [3.63, 3.8) is 0 Å². The monoisotopic (exact) mass is 445 g/mol. The van der Waals surface area contributed by atoms with Crippen LogP contribution in [0.15, 0.2) is 48.2 Å². The highest BCUT2D eigenvalue weighted by Gasteiger charge is 2.22. The van der Waals surface area contributed by atoms with Crippen LogP contribution in [-0.2, 0) is 0 Å². The van der Waals surface area contributed by atoms with Crippen LogP contribution in [-0.4, -0.2) is 40.8 Å². The lowest BCUT2D eigenvalue weighted by atomic mass is 9.81. The van der Waals surface area contributed by atoms with Crippen molar-refractivity contribution >= 4 is 17.9 Å². The third kappa shape index (κ3) is 6.79. The molecule has 1 aromatic carbocycles. The normalized spacial score (nSPS) is 20.6. The Kier molecular flexibility index (Phi) is 7.91. The summed E-state index contributed by atoms with van der Waals surface area (Å²) in [6.07, 6.45) is 10.8. The number of urea groups is 1. The lowest BCUT2D eigenvalue weighted by Gasteiger charge is -2.28. The second-order valence-electron chi connectivity index (χ2n) is 8.96. The largest absolute Gasteiger partial charge is 0.493 e. The minimum Gasteiger partial charge on any atom is -0.493 e. The molecule has 1 saturated heterocycles. The first-order valence-electron chi connectivity index (χ1n) is 11.8. The molecule has 4 rings (SSSR count). The number of carbonyl (C=O) groups excluding carboxylic acids is 1. The summed E-state index contributed by atoms with van der Waals surface area (Å²) in [5.41, 5.74) is 2.48. The first-order valence-corrected chi connectivity index (χ1v) is 11.8. The number of hydrogen-bond donors (Lipinski definition) is 1. The third-order valence-electron chi connectivity index (χ3n) is 6.56. The van der Waals surface area contributed by atoms with Gasteiger partial charge in [0.1, 0.15) is 5.75 Å². The highest BCUT2D eigenvalue weighted by atomic mass is 16.5. The maximum absolute atomic E-state index is 12.4. The molecule has 7 heteroatoms. The van der Waals surface area contributed by atoms with E-state index in [0.29, 0.717) is 37.2 Å². The highest BCUT2D eigenvalue weighted by Crippen LogP contribution is 2.31. The molecule has 0 atom stereocenters. The highest BCUT2D eigenvalue weighted by molar-refractivity contribution is 5.88. The topological polar surface area (TPSA) is 91.1 Å². The Labute approximate surface area is 195 Å². The van der Waals surface area contributed by atoms with E-state index < -0.39 is 0 Å². The lowest BCUT2D eigenvalue weighted by molar-refractivity contribution is 0.184. The third-order valence-corrected chi connectivity index (χ3v) is 6.56. The number of aromatic nitrogens is 2. The molecule has 2 amide bonds. The fourth-order valence-electron chi connectivity index (χ4n) is 4.57. The van der Waals surface area contributed by atoms with Crippen molar-refractivity contribution in [2.45, 2.75) is 44.9 Å². The fraction of sp³-hybridized carbons (Fsp3) is 0.462. The Morgan fingerprint density at radius 2 is 1.94 bits per heavy atom. The Morgan fingerprint density at radius 3 is 2.67 bits per heavy atom. The molecule has 2 aliphatic rings. The number of ether oxygens (including phenoxy) is 1. The summed E-state index contributed by atoms with van der Waals surface area (Å²) in [5, 5.41) is 19.4. The number of likely N-dealkylation sites (tertiary alicyclic amines) is 1. The number of amides is 2. The van der Waals surface area contributed by atoms with Gasteiger partial charge in [0.15, 0.2) is 5.82 Å². The maximum atomic E-state index is 12.4. The molecule has 33 heavy (non-hydrogen) atoms. The standard InChI is InChI=1S/C26H31N5O2/c27-13-10-20-6-8-22(9-7-20)19-33-24-4-1-3-23(18-24)17-21-11-15-31(16-12-21)26(32)29-25-5-2-14-28-30-25/h1-5,14,17-18,20,22H,6-12,15-16,19H2,(H,29,30,32)/t20-,22-. The molecule has 1 N–H and O–H groups in total. The summed E-state index contributed by atoms with van der Waals surface area (Å²) < 4.78 is 6.11. The van der Waals surface area contributed by atoms with Crippen LogP contribution in [0.25, 0.3) is 6.08 Å². The zero-order valence-electron chi connectivity index (χ0n) is 18.9. The van der Waals surface area contributed by atoms with E-state index in [4.69, 9.17) is 10.00 Å². The van der Waals surface area contributed by atoms with Crippen LogP contribution in [0.1, 0.15) is 50.5 Å². The lowest BCUT2D eigenvalue weighted by Crippen LogP contribution is -2.39. The molecule has 1 saturated carbocycles. The van der Waals surface area contributed by atoms with E-state index in [0.717, 1.165) is 56.4 Å². The van der Waals surface area contributed by atoms with Crippen molar-refractivity contribution in [2.75, 3.05) is 25.0 Å². The number of nitriles is 1. The molecular weight excluding hydrogens is 414 g/mol. The molecular formula is C26H31N5O2. The number of anilines is 1. The van der Waals surface area contributed by atoms with E-state index in [1.165, 1.54) is 5.57 Å². The Bertz CT molecular complexity index is 983. The maximum Gasteiger partial charge on any atom is 0.323 e.